The van der Waals surface area contributed by atoms with Crippen molar-refractivity contribution in [3.8, 4) is 17.7 Å². The minimum atomic E-state index is -0.605. The molecule has 10 nitrogen and oxygen atoms in total. The van der Waals surface area contributed by atoms with Crippen molar-refractivity contribution in [1.82, 2.24) is 15.5 Å². The van der Waals surface area contributed by atoms with E-state index >= 15 is 0 Å². The third-order valence-corrected chi connectivity index (χ3v) is 8.34. The molecule has 5 rings (SSSR count). The highest BCUT2D eigenvalue weighted by molar-refractivity contribution is 7.10. The number of carbonyl (C=O) groups is 3. The maximum Gasteiger partial charge on any atom is 0.251 e. The molecule has 1 aliphatic heterocycles. The molecule has 0 spiro atoms. The first-order valence-corrected chi connectivity index (χ1v) is 14.0. The van der Waals surface area contributed by atoms with Gasteiger partial charge < -0.3 is 25.0 Å². The molecule has 11 heteroatoms. The number of ether oxygens (including phenoxy) is 2. The minimum Gasteiger partial charge on any atom is -0.480 e. The average Bonchev–Trinajstić information content (AvgIpc) is 3.29. The van der Waals surface area contributed by atoms with Crippen LogP contribution in [0, 0.1) is 16.9 Å². The number of hydrogen-bond donors (Lipinski definition) is 2. The molecule has 2 aliphatic rings. The zero-order valence-corrected chi connectivity index (χ0v) is 23.4. The molecule has 0 radical (unpaired) electrons. The predicted molar refractivity (Wildman–Crippen MR) is 152 cm³/mol. The molecule has 3 aromatic rings. The largest absolute Gasteiger partial charge is 0.480 e. The van der Waals surface area contributed by atoms with Crippen molar-refractivity contribution in [2.45, 2.75) is 38.4 Å². The van der Waals surface area contributed by atoms with Crippen LogP contribution in [0.2, 0.25) is 0 Å². The number of aliphatic imine (C=N–C) groups is 1. The van der Waals surface area contributed by atoms with Crippen LogP contribution in [0.25, 0.3) is 0 Å². The Bertz CT molecular complexity index is 1510. The predicted octanol–water partition coefficient (Wildman–Crippen LogP) is 3.84. The van der Waals surface area contributed by atoms with E-state index in [1.165, 1.54) is 18.4 Å². The molecule has 2 N–H and O–H groups in total. The first-order chi connectivity index (χ1) is 19.8. The number of likely N-dealkylation sites (tertiary alicyclic amines) is 1. The maximum absolute atomic E-state index is 13.2. The Morgan fingerprint density at radius 3 is 2.51 bits per heavy atom. The third kappa shape index (κ3) is 6.23. The number of piperidine rings is 1. The Kier molecular flexibility index (Phi) is 8.03. The number of nitrogens with one attached hydrogen (secondary N) is 2. The van der Waals surface area contributed by atoms with Crippen LogP contribution in [-0.4, -0.2) is 54.3 Å². The van der Waals surface area contributed by atoms with Crippen molar-refractivity contribution >= 4 is 35.0 Å². The monoisotopic (exact) mass is 571 g/mol. The van der Waals surface area contributed by atoms with Crippen molar-refractivity contribution in [3.05, 3.63) is 82.0 Å². The molecule has 1 aromatic heterocycles. The molecule has 2 fully saturated rings. The van der Waals surface area contributed by atoms with Gasteiger partial charge in [-0.2, -0.15) is 5.26 Å². The zero-order valence-electron chi connectivity index (χ0n) is 22.6. The van der Waals surface area contributed by atoms with Crippen LogP contribution >= 0.6 is 11.3 Å². The molecule has 1 saturated heterocycles. The van der Waals surface area contributed by atoms with Crippen LogP contribution in [0.15, 0.2) is 71.0 Å². The number of para-hydroxylation sites is 1. The Morgan fingerprint density at radius 1 is 1.07 bits per heavy atom. The fraction of sp³-hybridized carbons (Fsp3) is 0.300. The van der Waals surface area contributed by atoms with Crippen molar-refractivity contribution in [2.75, 3.05) is 13.7 Å². The summed E-state index contributed by atoms with van der Waals surface area (Å²) in [6.07, 6.45) is 3.12. The molecular formula is C30H29N5O5S. The van der Waals surface area contributed by atoms with E-state index in [0.717, 1.165) is 11.3 Å². The zero-order chi connectivity index (χ0) is 29.0. The van der Waals surface area contributed by atoms with Crippen LogP contribution in [0.1, 0.15) is 40.6 Å². The third-order valence-electron chi connectivity index (χ3n) is 7.40. The van der Waals surface area contributed by atoms with Gasteiger partial charge in [0.25, 0.3) is 5.91 Å². The maximum atomic E-state index is 13.2. The van der Waals surface area contributed by atoms with Gasteiger partial charge in [-0.25, -0.2) is 0 Å². The summed E-state index contributed by atoms with van der Waals surface area (Å²) in [4.78, 5) is 45.3. The van der Waals surface area contributed by atoms with Gasteiger partial charge in [0, 0.05) is 27.4 Å². The Hall–Kier alpha value is -4.69. The topological polar surface area (TPSA) is 133 Å². The quantitative estimate of drug-likeness (QED) is 0.228. The van der Waals surface area contributed by atoms with Crippen molar-refractivity contribution in [1.29, 1.82) is 5.26 Å². The SMILES string of the molecule is COC(=NC#N)c1csc(CNC(=O)[C@@H]2C[C@]3(C)C[C@@H]3N2C(=O)CNC(=O)c2ccc(Oc3ccccc3)cc2)c1. The number of amides is 3. The summed E-state index contributed by atoms with van der Waals surface area (Å²) in [5.41, 5.74) is 0.966. The van der Waals surface area contributed by atoms with E-state index in [-0.39, 0.29) is 48.2 Å². The molecule has 0 unspecified atom stereocenters. The molecule has 41 heavy (non-hydrogen) atoms. The number of hydrogen-bond acceptors (Lipinski definition) is 8. The van der Waals surface area contributed by atoms with E-state index in [2.05, 4.69) is 22.5 Å². The summed E-state index contributed by atoms with van der Waals surface area (Å²) in [6, 6.07) is 17.2. The van der Waals surface area contributed by atoms with E-state index in [1.807, 2.05) is 30.3 Å². The molecule has 3 atom stereocenters. The first kappa shape index (κ1) is 27.9. The van der Waals surface area contributed by atoms with E-state index in [0.29, 0.717) is 29.0 Å². The molecule has 210 valence electrons. The number of carbonyl (C=O) groups excluding carboxylic acids is 3. The van der Waals surface area contributed by atoms with Crippen LogP contribution < -0.4 is 15.4 Å². The van der Waals surface area contributed by atoms with E-state index in [4.69, 9.17) is 14.7 Å². The highest BCUT2D eigenvalue weighted by atomic mass is 32.1. The molecule has 2 aromatic carbocycles. The highest BCUT2D eigenvalue weighted by Crippen LogP contribution is 2.59. The number of methoxy groups -OCH3 is 1. The summed E-state index contributed by atoms with van der Waals surface area (Å²) >= 11 is 1.41. The number of thiophene rings is 1. The molecule has 2 heterocycles. The molecular weight excluding hydrogens is 542 g/mol. The van der Waals surface area contributed by atoms with Crippen molar-refractivity contribution in [2.24, 2.45) is 10.4 Å². The Morgan fingerprint density at radius 2 is 1.80 bits per heavy atom. The van der Waals surface area contributed by atoms with E-state index in [1.54, 1.807) is 46.8 Å². The average molecular weight is 572 g/mol. The summed E-state index contributed by atoms with van der Waals surface area (Å²) in [5, 5.41) is 16.2. The van der Waals surface area contributed by atoms with Crippen LogP contribution in [0.3, 0.4) is 0 Å². The van der Waals surface area contributed by atoms with Gasteiger partial charge >= 0.3 is 0 Å². The van der Waals surface area contributed by atoms with Gasteiger partial charge in [-0.05, 0) is 60.7 Å². The lowest BCUT2D eigenvalue weighted by atomic mass is 10.0. The van der Waals surface area contributed by atoms with Gasteiger partial charge in [0.15, 0.2) is 0 Å². The summed E-state index contributed by atoms with van der Waals surface area (Å²) in [7, 11) is 1.44. The number of nitrogens with zero attached hydrogens (tertiary/aromatic N) is 3. The second kappa shape index (κ2) is 11.8. The molecule has 1 aliphatic carbocycles. The molecule has 0 bridgehead atoms. The van der Waals surface area contributed by atoms with Gasteiger partial charge in [-0.15, -0.1) is 16.3 Å². The number of nitriles is 1. The lowest BCUT2D eigenvalue weighted by Gasteiger charge is -2.27. The van der Waals surface area contributed by atoms with Crippen molar-refractivity contribution in [3.63, 3.8) is 0 Å². The lowest BCUT2D eigenvalue weighted by molar-refractivity contribution is -0.139. The lowest BCUT2D eigenvalue weighted by Crippen LogP contribution is -2.50. The van der Waals surface area contributed by atoms with Gasteiger partial charge in [-0.3, -0.25) is 14.4 Å². The van der Waals surface area contributed by atoms with Gasteiger partial charge in [0.05, 0.1) is 20.2 Å². The number of benzene rings is 2. The Balaban J connectivity index is 1.15. The minimum absolute atomic E-state index is 0.0168. The summed E-state index contributed by atoms with van der Waals surface area (Å²) in [6.45, 7) is 2.15. The summed E-state index contributed by atoms with van der Waals surface area (Å²) < 4.78 is 10.9. The smallest absolute Gasteiger partial charge is 0.251 e. The summed E-state index contributed by atoms with van der Waals surface area (Å²) in [5.74, 6) is 0.588. The normalized spacial score (nSPS) is 20.9. The fourth-order valence-electron chi connectivity index (χ4n) is 5.16. The molecule has 1 saturated carbocycles. The highest BCUT2D eigenvalue weighted by Gasteiger charge is 2.64. The Labute approximate surface area is 241 Å². The standard InChI is InChI=1S/C30H29N5O5S/c1-30-13-24(28(38)32-15-23-12-20(17-41-23)29(39-2)34-18-31)35(25(30)14-30)26(36)16-33-27(37)19-8-10-22(11-9-19)40-21-6-4-3-5-7-21/h3-12,17,24-25H,13-16H2,1-2H3,(H,32,38)(H,33,37)/t24-,25-,30+/m0/s1. The van der Waals surface area contributed by atoms with Gasteiger partial charge in [0.2, 0.25) is 23.9 Å². The second-order valence-corrected chi connectivity index (χ2v) is 11.3. The van der Waals surface area contributed by atoms with Gasteiger partial charge in [0.1, 0.15) is 17.5 Å². The van der Waals surface area contributed by atoms with E-state index in [9.17, 15) is 14.4 Å². The number of fused-ring (bicyclic) bond motifs is 1. The molecule has 3 amide bonds. The first-order valence-electron chi connectivity index (χ1n) is 13.1. The van der Waals surface area contributed by atoms with Crippen LogP contribution in [0.4, 0.5) is 0 Å². The van der Waals surface area contributed by atoms with Gasteiger partial charge in [-0.1, -0.05) is 25.1 Å². The van der Waals surface area contributed by atoms with Crippen LogP contribution in [0.5, 0.6) is 11.5 Å². The second-order valence-electron chi connectivity index (χ2n) is 10.3. The van der Waals surface area contributed by atoms with E-state index < -0.39 is 6.04 Å². The van der Waals surface area contributed by atoms with Crippen molar-refractivity contribution < 1.29 is 23.9 Å². The fourth-order valence-corrected chi connectivity index (χ4v) is 5.96. The number of rotatable bonds is 9. The van der Waals surface area contributed by atoms with Crippen LogP contribution in [-0.2, 0) is 20.9 Å².